The zero-order valence-electron chi connectivity index (χ0n) is 11.8. The van der Waals surface area contributed by atoms with Crippen LogP contribution in [0.15, 0.2) is 24.3 Å². The summed E-state index contributed by atoms with van der Waals surface area (Å²) in [5.74, 6) is -0.344. The Bertz CT molecular complexity index is 454. The minimum Gasteiger partial charge on any atom is -0.491 e. The standard InChI is InChI=1S/C15H20O5/c1-12-3-5-14(13(11-12)4-6-15(16)17)20-10-9-19-8-7-18-2/h3-6,11H,7-10H2,1-2H3,(H,16,17). The van der Waals surface area contributed by atoms with E-state index >= 15 is 0 Å². The molecule has 0 aliphatic carbocycles. The van der Waals surface area contributed by atoms with E-state index in [9.17, 15) is 4.79 Å². The molecule has 0 heterocycles. The summed E-state index contributed by atoms with van der Waals surface area (Å²) in [6.45, 7) is 3.88. The van der Waals surface area contributed by atoms with Gasteiger partial charge >= 0.3 is 5.97 Å². The van der Waals surface area contributed by atoms with Crippen molar-refractivity contribution < 1.29 is 24.1 Å². The molecule has 0 bridgehead atoms. The highest BCUT2D eigenvalue weighted by molar-refractivity contribution is 5.85. The Morgan fingerprint density at radius 1 is 1.25 bits per heavy atom. The predicted molar refractivity (Wildman–Crippen MR) is 76.0 cm³/mol. The average Bonchev–Trinajstić information content (AvgIpc) is 2.42. The maximum Gasteiger partial charge on any atom is 0.328 e. The summed E-state index contributed by atoms with van der Waals surface area (Å²) in [5, 5.41) is 8.67. The van der Waals surface area contributed by atoms with Gasteiger partial charge in [0.25, 0.3) is 0 Å². The summed E-state index contributed by atoms with van der Waals surface area (Å²) in [4.78, 5) is 10.6. The number of benzene rings is 1. The third-order valence-corrected chi connectivity index (χ3v) is 2.49. The Morgan fingerprint density at radius 3 is 2.70 bits per heavy atom. The van der Waals surface area contributed by atoms with Crippen LogP contribution in [0.3, 0.4) is 0 Å². The van der Waals surface area contributed by atoms with Crippen molar-refractivity contribution in [3.63, 3.8) is 0 Å². The summed E-state index contributed by atoms with van der Waals surface area (Å²) < 4.78 is 15.8. The fourth-order valence-corrected chi connectivity index (χ4v) is 1.55. The fourth-order valence-electron chi connectivity index (χ4n) is 1.55. The molecule has 20 heavy (non-hydrogen) atoms. The molecule has 0 radical (unpaired) electrons. The van der Waals surface area contributed by atoms with Gasteiger partial charge in [-0.1, -0.05) is 11.6 Å². The molecule has 0 saturated heterocycles. The van der Waals surface area contributed by atoms with Crippen LogP contribution < -0.4 is 4.74 Å². The summed E-state index contributed by atoms with van der Waals surface area (Å²) in [6, 6.07) is 5.62. The molecule has 5 heteroatoms. The topological polar surface area (TPSA) is 65.0 Å². The Kier molecular flexibility index (Phi) is 7.39. The third-order valence-electron chi connectivity index (χ3n) is 2.49. The van der Waals surface area contributed by atoms with Crippen molar-refractivity contribution in [3.8, 4) is 5.75 Å². The Balaban J connectivity index is 2.53. The smallest absolute Gasteiger partial charge is 0.328 e. The van der Waals surface area contributed by atoms with Crippen LogP contribution in [0.25, 0.3) is 6.08 Å². The van der Waals surface area contributed by atoms with Gasteiger partial charge in [-0.05, 0) is 25.1 Å². The van der Waals surface area contributed by atoms with E-state index < -0.39 is 5.97 Å². The summed E-state index contributed by atoms with van der Waals surface area (Å²) in [7, 11) is 1.62. The van der Waals surface area contributed by atoms with Crippen molar-refractivity contribution in [2.45, 2.75) is 6.92 Å². The molecule has 0 aliphatic heterocycles. The van der Waals surface area contributed by atoms with E-state index in [2.05, 4.69) is 0 Å². The number of rotatable bonds is 9. The van der Waals surface area contributed by atoms with Crippen LogP contribution >= 0.6 is 0 Å². The largest absolute Gasteiger partial charge is 0.491 e. The van der Waals surface area contributed by atoms with Gasteiger partial charge in [0.2, 0.25) is 0 Å². The number of carbonyl (C=O) groups is 1. The molecule has 1 aromatic rings. The number of carboxylic acids is 1. The van der Waals surface area contributed by atoms with Gasteiger partial charge in [0.05, 0.1) is 19.8 Å². The normalized spacial score (nSPS) is 10.9. The summed E-state index contributed by atoms with van der Waals surface area (Å²) >= 11 is 0. The number of hydrogen-bond acceptors (Lipinski definition) is 4. The second-order valence-corrected chi connectivity index (χ2v) is 4.17. The van der Waals surface area contributed by atoms with Crippen molar-refractivity contribution in [3.05, 3.63) is 35.4 Å². The highest BCUT2D eigenvalue weighted by Gasteiger charge is 2.02. The first-order valence-electron chi connectivity index (χ1n) is 6.34. The van der Waals surface area contributed by atoms with E-state index in [1.54, 1.807) is 7.11 Å². The number of aliphatic carboxylic acids is 1. The molecule has 0 amide bonds. The Hall–Kier alpha value is -1.85. The maximum atomic E-state index is 10.6. The van der Waals surface area contributed by atoms with E-state index in [1.807, 2.05) is 25.1 Å². The van der Waals surface area contributed by atoms with E-state index in [-0.39, 0.29) is 0 Å². The minimum atomic E-state index is -0.986. The molecule has 0 spiro atoms. The lowest BCUT2D eigenvalue weighted by atomic mass is 10.1. The van der Waals surface area contributed by atoms with Gasteiger partial charge in [0, 0.05) is 18.7 Å². The van der Waals surface area contributed by atoms with Gasteiger partial charge in [-0.3, -0.25) is 0 Å². The Labute approximate surface area is 118 Å². The highest BCUT2D eigenvalue weighted by Crippen LogP contribution is 2.21. The van der Waals surface area contributed by atoms with Gasteiger partial charge in [-0.15, -0.1) is 0 Å². The van der Waals surface area contributed by atoms with Gasteiger partial charge < -0.3 is 19.3 Å². The maximum absolute atomic E-state index is 10.6. The molecule has 0 fully saturated rings. The van der Waals surface area contributed by atoms with Crippen molar-refractivity contribution in [1.82, 2.24) is 0 Å². The summed E-state index contributed by atoms with van der Waals surface area (Å²) in [5.41, 5.74) is 1.78. The lowest BCUT2D eigenvalue weighted by Gasteiger charge is -2.10. The van der Waals surface area contributed by atoms with Crippen LogP contribution in [0.1, 0.15) is 11.1 Å². The van der Waals surface area contributed by atoms with Crippen LogP contribution in [-0.2, 0) is 14.3 Å². The molecule has 1 N–H and O–H groups in total. The predicted octanol–water partition coefficient (Wildman–Crippen LogP) is 2.13. The van der Waals surface area contributed by atoms with Crippen molar-refractivity contribution in [1.29, 1.82) is 0 Å². The number of aryl methyl sites for hydroxylation is 1. The average molecular weight is 280 g/mol. The zero-order valence-corrected chi connectivity index (χ0v) is 11.8. The molecule has 0 aromatic heterocycles. The molecular weight excluding hydrogens is 260 g/mol. The van der Waals surface area contributed by atoms with Crippen LogP contribution in [-0.4, -0.2) is 44.6 Å². The summed E-state index contributed by atoms with van der Waals surface area (Å²) in [6.07, 6.45) is 2.62. The molecule has 110 valence electrons. The van der Waals surface area contributed by atoms with Gasteiger partial charge in [-0.2, -0.15) is 0 Å². The molecule has 5 nitrogen and oxygen atoms in total. The molecule has 0 saturated carbocycles. The SMILES string of the molecule is COCCOCCOc1ccc(C)cc1C=CC(=O)O. The third kappa shape index (κ3) is 6.36. The first-order valence-corrected chi connectivity index (χ1v) is 6.34. The van der Waals surface area contributed by atoms with Crippen LogP contribution in [0.4, 0.5) is 0 Å². The van der Waals surface area contributed by atoms with Crippen LogP contribution in [0, 0.1) is 6.92 Å². The van der Waals surface area contributed by atoms with Gasteiger partial charge in [0.15, 0.2) is 0 Å². The van der Waals surface area contributed by atoms with E-state index in [0.717, 1.165) is 17.2 Å². The van der Waals surface area contributed by atoms with Gasteiger partial charge in [0.1, 0.15) is 12.4 Å². The highest BCUT2D eigenvalue weighted by atomic mass is 16.5. The first-order chi connectivity index (χ1) is 9.63. The van der Waals surface area contributed by atoms with Crippen LogP contribution in [0.2, 0.25) is 0 Å². The van der Waals surface area contributed by atoms with Gasteiger partial charge in [-0.25, -0.2) is 4.79 Å². The fraction of sp³-hybridized carbons (Fsp3) is 0.400. The first kappa shape index (κ1) is 16.2. The monoisotopic (exact) mass is 280 g/mol. The van der Waals surface area contributed by atoms with Crippen molar-refractivity contribution in [2.24, 2.45) is 0 Å². The number of methoxy groups -OCH3 is 1. The minimum absolute atomic E-state index is 0.403. The number of ether oxygens (including phenoxy) is 3. The van der Waals surface area contributed by atoms with E-state index in [4.69, 9.17) is 19.3 Å². The lowest BCUT2D eigenvalue weighted by molar-refractivity contribution is -0.131. The Morgan fingerprint density at radius 2 is 2.00 bits per heavy atom. The molecule has 0 unspecified atom stereocenters. The van der Waals surface area contributed by atoms with Crippen molar-refractivity contribution >= 4 is 12.0 Å². The number of carboxylic acid groups (broad SMARTS) is 1. The second kappa shape index (κ2) is 9.12. The second-order valence-electron chi connectivity index (χ2n) is 4.17. The quantitative estimate of drug-likeness (QED) is 0.554. The molecule has 0 aliphatic rings. The number of hydrogen-bond donors (Lipinski definition) is 1. The van der Waals surface area contributed by atoms with Crippen molar-refractivity contribution in [2.75, 3.05) is 33.5 Å². The van der Waals surface area contributed by atoms with E-state index in [1.165, 1.54) is 6.08 Å². The van der Waals surface area contributed by atoms with Crippen LogP contribution in [0.5, 0.6) is 5.75 Å². The molecule has 0 atom stereocenters. The molecule has 1 aromatic carbocycles. The molecule has 1 rings (SSSR count). The molecular formula is C15H20O5. The lowest BCUT2D eigenvalue weighted by Crippen LogP contribution is -2.10. The zero-order chi connectivity index (χ0) is 14.8. The van der Waals surface area contributed by atoms with E-state index in [0.29, 0.717) is 32.2 Å².